The third-order valence-electron chi connectivity index (χ3n) is 3.16. The standard InChI is InChI=1S/C18H22N2O3/c19-16-9-7-15(8-10-16)18(21)20-11-4-12-22-13-14-23-17-5-2-1-3-6-17/h1-3,5-10H,4,11-14,19H2,(H,20,21). The van der Waals surface area contributed by atoms with Crippen LogP contribution < -0.4 is 15.8 Å². The summed E-state index contributed by atoms with van der Waals surface area (Å²) >= 11 is 0. The minimum Gasteiger partial charge on any atom is -0.491 e. The third kappa shape index (κ3) is 6.40. The number of nitrogen functional groups attached to an aromatic ring is 1. The molecule has 0 radical (unpaired) electrons. The molecule has 0 saturated heterocycles. The van der Waals surface area contributed by atoms with Crippen molar-refractivity contribution in [1.82, 2.24) is 5.32 Å². The van der Waals surface area contributed by atoms with E-state index in [2.05, 4.69) is 5.32 Å². The number of benzene rings is 2. The van der Waals surface area contributed by atoms with Crippen LogP contribution >= 0.6 is 0 Å². The van der Waals surface area contributed by atoms with Crippen LogP contribution in [0.2, 0.25) is 0 Å². The van der Waals surface area contributed by atoms with Crippen LogP contribution in [0.15, 0.2) is 54.6 Å². The quantitative estimate of drug-likeness (QED) is 0.551. The number of para-hydroxylation sites is 1. The van der Waals surface area contributed by atoms with Crippen LogP contribution in [0.1, 0.15) is 16.8 Å². The van der Waals surface area contributed by atoms with Crippen LogP contribution in [0.3, 0.4) is 0 Å². The van der Waals surface area contributed by atoms with Crippen molar-refractivity contribution in [3.63, 3.8) is 0 Å². The van der Waals surface area contributed by atoms with Crippen LogP contribution in [-0.2, 0) is 4.74 Å². The molecule has 2 rings (SSSR count). The summed E-state index contributed by atoms with van der Waals surface area (Å²) in [6.07, 6.45) is 0.756. The zero-order valence-corrected chi connectivity index (χ0v) is 13.0. The van der Waals surface area contributed by atoms with Crippen molar-refractivity contribution in [3.8, 4) is 5.75 Å². The van der Waals surface area contributed by atoms with Crippen LogP contribution in [-0.4, -0.2) is 32.3 Å². The van der Waals surface area contributed by atoms with E-state index in [1.54, 1.807) is 24.3 Å². The highest BCUT2D eigenvalue weighted by Gasteiger charge is 2.03. The average Bonchev–Trinajstić information content (AvgIpc) is 2.58. The van der Waals surface area contributed by atoms with E-state index in [-0.39, 0.29) is 5.91 Å². The second-order valence-electron chi connectivity index (χ2n) is 5.01. The third-order valence-corrected chi connectivity index (χ3v) is 3.16. The number of amides is 1. The summed E-state index contributed by atoms with van der Waals surface area (Å²) in [4.78, 5) is 11.8. The SMILES string of the molecule is Nc1ccc(C(=O)NCCCOCCOc2ccccc2)cc1. The molecule has 23 heavy (non-hydrogen) atoms. The van der Waals surface area contributed by atoms with Gasteiger partial charge in [-0.25, -0.2) is 0 Å². The number of hydrogen-bond acceptors (Lipinski definition) is 4. The molecule has 5 heteroatoms. The summed E-state index contributed by atoms with van der Waals surface area (Å²) in [5.74, 6) is 0.740. The Morgan fingerprint density at radius 3 is 2.43 bits per heavy atom. The smallest absolute Gasteiger partial charge is 0.251 e. The summed E-state index contributed by atoms with van der Waals surface area (Å²) in [7, 11) is 0. The molecule has 0 saturated carbocycles. The van der Waals surface area contributed by atoms with Gasteiger partial charge in [0, 0.05) is 24.4 Å². The number of nitrogens with two attached hydrogens (primary N) is 1. The van der Waals surface area contributed by atoms with Gasteiger partial charge < -0.3 is 20.5 Å². The Kier molecular flexibility index (Phi) is 6.94. The summed E-state index contributed by atoms with van der Waals surface area (Å²) in [5, 5.41) is 2.84. The Bertz CT molecular complexity index is 585. The Hall–Kier alpha value is -2.53. The van der Waals surface area contributed by atoms with Crippen molar-refractivity contribution in [2.75, 3.05) is 32.1 Å². The first-order valence-corrected chi connectivity index (χ1v) is 7.65. The normalized spacial score (nSPS) is 10.3. The molecule has 2 aromatic carbocycles. The van der Waals surface area contributed by atoms with Gasteiger partial charge in [-0.15, -0.1) is 0 Å². The van der Waals surface area contributed by atoms with Gasteiger partial charge in [-0.2, -0.15) is 0 Å². The zero-order valence-electron chi connectivity index (χ0n) is 13.0. The Labute approximate surface area is 136 Å². The topological polar surface area (TPSA) is 73.6 Å². The number of carbonyl (C=O) groups is 1. The predicted octanol–water partition coefficient (Wildman–Crippen LogP) is 2.48. The molecule has 0 heterocycles. The highest BCUT2D eigenvalue weighted by Crippen LogP contribution is 2.07. The average molecular weight is 314 g/mol. The van der Waals surface area contributed by atoms with Crippen LogP contribution in [0.25, 0.3) is 0 Å². The first-order valence-electron chi connectivity index (χ1n) is 7.65. The van der Waals surface area contributed by atoms with Crippen molar-refractivity contribution in [2.45, 2.75) is 6.42 Å². The van der Waals surface area contributed by atoms with Crippen LogP contribution in [0.5, 0.6) is 5.75 Å². The molecular formula is C18H22N2O3. The number of rotatable bonds is 9. The van der Waals surface area contributed by atoms with E-state index in [9.17, 15) is 4.79 Å². The molecular weight excluding hydrogens is 292 g/mol. The van der Waals surface area contributed by atoms with E-state index in [0.29, 0.717) is 37.6 Å². The molecule has 0 fully saturated rings. The molecule has 5 nitrogen and oxygen atoms in total. The van der Waals surface area contributed by atoms with Crippen LogP contribution in [0, 0.1) is 0 Å². The molecule has 1 amide bonds. The molecule has 122 valence electrons. The maximum atomic E-state index is 11.8. The lowest BCUT2D eigenvalue weighted by atomic mass is 10.2. The van der Waals surface area contributed by atoms with Gasteiger partial charge in [0.05, 0.1) is 6.61 Å². The van der Waals surface area contributed by atoms with Gasteiger partial charge in [-0.05, 0) is 42.8 Å². The van der Waals surface area contributed by atoms with Crippen molar-refractivity contribution in [1.29, 1.82) is 0 Å². The molecule has 0 atom stereocenters. The number of hydrogen-bond donors (Lipinski definition) is 2. The van der Waals surface area contributed by atoms with Crippen molar-refractivity contribution < 1.29 is 14.3 Å². The fourth-order valence-corrected chi connectivity index (χ4v) is 1.95. The van der Waals surface area contributed by atoms with E-state index in [1.165, 1.54) is 0 Å². The van der Waals surface area contributed by atoms with E-state index in [0.717, 1.165) is 12.2 Å². The second-order valence-corrected chi connectivity index (χ2v) is 5.01. The highest BCUT2D eigenvalue weighted by molar-refractivity contribution is 5.94. The number of anilines is 1. The maximum absolute atomic E-state index is 11.8. The highest BCUT2D eigenvalue weighted by atomic mass is 16.5. The molecule has 0 unspecified atom stereocenters. The number of carbonyl (C=O) groups excluding carboxylic acids is 1. The van der Waals surface area contributed by atoms with Gasteiger partial charge in [0.15, 0.2) is 0 Å². The lowest BCUT2D eigenvalue weighted by molar-refractivity contribution is 0.0905. The van der Waals surface area contributed by atoms with Gasteiger partial charge in [-0.3, -0.25) is 4.79 Å². The maximum Gasteiger partial charge on any atom is 0.251 e. The fourth-order valence-electron chi connectivity index (χ4n) is 1.95. The number of ether oxygens (including phenoxy) is 2. The molecule has 0 aliphatic carbocycles. The first-order chi connectivity index (χ1) is 11.3. The van der Waals surface area contributed by atoms with E-state index >= 15 is 0 Å². The van der Waals surface area contributed by atoms with Gasteiger partial charge in [-0.1, -0.05) is 18.2 Å². The summed E-state index contributed by atoms with van der Waals surface area (Å²) in [5.41, 5.74) is 6.84. The minimum atomic E-state index is -0.0996. The van der Waals surface area contributed by atoms with Gasteiger partial charge in [0.1, 0.15) is 12.4 Å². The summed E-state index contributed by atoms with van der Waals surface area (Å²) < 4.78 is 11.0. The number of nitrogens with one attached hydrogen (secondary N) is 1. The molecule has 0 aromatic heterocycles. The van der Waals surface area contributed by atoms with Gasteiger partial charge >= 0.3 is 0 Å². The molecule has 0 bridgehead atoms. The molecule has 0 aliphatic rings. The molecule has 0 spiro atoms. The molecule has 2 aromatic rings. The van der Waals surface area contributed by atoms with Gasteiger partial charge in [0.25, 0.3) is 5.91 Å². The Balaban J connectivity index is 1.49. The molecule has 3 N–H and O–H groups in total. The fraction of sp³-hybridized carbons (Fsp3) is 0.278. The van der Waals surface area contributed by atoms with Crippen molar-refractivity contribution >= 4 is 11.6 Å². The minimum absolute atomic E-state index is 0.0996. The van der Waals surface area contributed by atoms with Crippen molar-refractivity contribution in [3.05, 3.63) is 60.2 Å². The van der Waals surface area contributed by atoms with Crippen molar-refractivity contribution in [2.24, 2.45) is 0 Å². The largest absolute Gasteiger partial charge is 0.491 e. The summed E-state index contributed by atoms with van der Waals surface area (Å²) in [6.45, 7) is 2.20. The Morgan fingerprint density at radius 2 is 1.70 bits per heavy atom. The Morgan fingerprint density at radius 1 is 0.957 bits per heavy atom. The van der Waals surface area contributed by atoms with Crippen LogP contribution in [0.4, 0.5) is 5.69 Å². The first kappa shape index (κ1) is 16.8. The van der Waals surface area contributed by atoms with E-state index < -0.39 is 0 Å². The monoisotopic (exact) mass is 314 g/mol. The lowest BCUT2D eigenvalue weighted by Gasteiger charge is -2.08. The van der Waals surface area contributed by atoms with E-state index in [1.807, 2.05) is 30.3 Å². The molecule has 0 aliphatic heterocycles. The lowest BCUT2D eigenvalue weighted by Crippen LogP contribution is -2.25. The van der Waals surface area contributed by atoms with Gasteiger partial charge in [0.2, 0.25) is 0 Å². The zero-order chi connectivity index (χ0) is 16.3. The predicted molar refractivity (Wildman–Crippen MR) is 90.6 cm³/mol. The second kappa shape index (κ2) is 9.48. The van der Waals surface area contributed by atoms with E-state index in [4.69, 9.17) is 15.2 Å². The summed E-state index contributed by atoms with van der Waals surface area (Å²) in [6, 6.07) is 16.5.